The van der Waals surface area contributed by atoms with Gasteiger partial charge in [-0.05, 0) is 0 Å². The van der Waals surface area contributed by atoms with E-state index in [1.807, 2.05) is 33.9 Å². The monoisotopic (exact) mass is 210 g/mol. The van der Waals surface area contributed by atoms with Gasteiger partial charge in [-0.1, -0.05) is 0 Å². The van der Waals surface area contributed by atoms with Gasteiger partial charge in [0.05, 0.1) is 0 Å². The molecule has 0 amide bonds. The summed E-state index contributed by atoms with van der Waals surface area (Å²) in [5.74, 6) is 0. The molecule has 0 saturated heterocycles. The van der Waals surface area contributed by atoms with Crippen molar-refractivity contribution in [2.45, 2.75) is 0 Å². The average molecular weight is 210 g/mol. The molecule has 5 nitrogen and oxygen atoms in total. The van der Waals surface area contributed by atoms with Gasteiger partial charge in [-0.3, -0.25) is 0 Å². The minimum absolute atomic E-state index is 0. The van der Waals surface area contributed by atoms with Crippen LogP contribution in [0.3, 0.4) is 0 Å². The SMILES string of the molecule is C=O.C=O.C=O.C=O.C=O.[Fe].[He]. The molecule has 7 heteroatoms. The molecule has 0 heterocycles. The maximum atomic E-state index is 8.00. The summed E-state index contributed by atoms with van der Waals surface area (Å²) in [7, 11) is 0. The zero-order valence-corrected chi connectivity index (χ0v) is 7.74. The Kier molecular flexibility index (Phi) is 3040. The molecule has 0 aliphatic heterocycles. The molecule has 0 aromatic heterocycles. The van der Waals surface area contributed by atoms with Crippen molar-refractivity contribution in [3.05, 3.63) is 0 Å². The van der Waals surface area contributed by atoms with E-state index in [0.717, 1.165) is 0 Å². The summed E-state index contributed by atoms with van der Waals surface area (Å²) < 4.78 is 0. The first-order valence-corrected chi connectivity index (χ1v) is 1.44. The topological polar surface area (TPSA) is 85.3 Å². The molecule has 0 N–H and O–H groups in total. The van der Waals surface area contributed by atoms with E-state index in [1.165, 1.54) is 0 Å². The molecule has 0 bridgehead atoms. The second-order valence-corrected chi connectivity index (χ2v) is 0. The molecular weight excluding hydrogens is 200 g/mol. The maximum absolute atomic E-state index is 8.00. The van der Waals surface area contributed by atoms with E-state index in [1.54, 1.807) is 0 Å². The number of carbonyl (C=O) groups excluding carboxylic acids is 5. The quantitative estimate of drug-likeness (QED) is 0.482. The summed E-state index contributed by atoms with van der Waals surface area (Å²) in [6.45, 7) is 10.0. The van der Waals surface area contributed by atoms with Crippen LogP contribution in [0, 0.1) is 6.15 Å². The summed E-state index contributed by atoms with van der Waals surface area (Å²) in [6, 6.07) is 0. The largest absolute Gasteiger partial charge is 0.307 e. The maximum Gasteiger partial charge on any atom is 0.106 e. The van der Waals surface area contributed by atoms with Crippen molar-refractivity contribution in [2.24, 2.45) is 0 Å². The van der Waals surface area contributed by atoms with Crippen molar-refractivity contribution < 1.29 is 47.2 Å². The van der Waals surface area contributed by atoms with Gasteiger partial charge in [-0.25, -0.2) is 0 Å². The molecule has 0 rings (SSSR count). The van der Waals surface area contributed by atoms with E-state index < -0.39 is 0 Å². The Labute approximate surface area is 81.8 Å². The van der Waals surface area contributed by atoms with Crippen LogP contribution in [0.15, 0.2) is 0 Å². The molecule has 0 aliphatic rings. The molecule has 0 spiro atoms. The fourth-order valence-electron chi connectivity index (χ4n) is 0. The fourth-order valence-corrected chi connectivity index (χ4v) is 0. The number of hydrogen-bond acceptors (Lipinski definition) is 5. The first-order valence-electron chi connectivity index (χ1n) is 1.44. The molecule has 0 aliphatic carbocycles. The molecule has 0 aromatic carbocycles. The fraction of sp³-hybridized carbons (Fsp3) is 0. The third-order valence-corrected chi connectivity index (χ3v) is 0. The second kappa shape index (κ2) is 505. The van der Waals surface area contributed by atoms with Gasteiger partial charge in [-0.2, -0.15) is 0 Å². The first-order chi connectivity index (χ1) is 5.00. The average Bonchev–Trinajstić information content (AvgIpc) is 2.20. The van der Waals surface area contributed by atoms with Gasteiger partial charge in [0, 0.05) is 23.2 Å². The van der Waals surface area contributed by atoms with Crippen LogP contribution in [0.5, 0.6) is 0 Å². The van der Waals surface area contributed by atoms with Gasteiger partial charge in [0.2, 0.25) is 0 Å². The Hall–Kier alpha value is -1.22. The van der Waals surface area contributed by atoms with E-state index in [2.05, 4.69) is 0 Å². The van der Waals surface area contributed by atoms with Crippen molar-refractivity contribution >= 4 is 33.9 Å². The molecule has 70 valence electrons. The Morgan fingerprint density at radius 1 is 0.417 bits per heavy atom. The van der Waals surface area contributed by atoms with E-state index in [0.29, 0.717) is 0 Å². The molecule has 0 radical (unpaired) electrons. The molecular formula is C5H10FeHeO5. The predicted molar refractivity (Wildman–Crippen MR) is 35.6 cm³/mol. The zero-order chi connectivity index (χ0) is 10.0. The molecule has 0 aromatic rings. The van der Waals surface area contributed by atoms with Crippen molar-refractivity contribution in [3.63, 3.8) is 0 Å². The molecule has 0 saturated carbocycles. The Morgan fingerprint density at radius 3 is 0.417 bits per heavy atom. The van der Waals surface area contributed by atoms with Crippen molar-refractivity contribution in [3.8, 4) is 0 Å². The van der Waals surface area contributed by atoms with Gasteiger partial charge >= 0.3 is 0 Å². The standard InChI is InChI=1S/5CH2O.Fe.He/c5*1-2;;/h5*1H2;;. The molecule has 0 atom stereocenters. The van der Waals surface area contributed by atoms with Crippen LogP contribution in [-0.4, -0.2) is 33.9 Å². The van der Waals surface area contributed by atoms with Gasteiger partial charge < -0.3 is 24.0 Å². The molecule has 0 unspecified atom stereocenters. The van der Waals surface area contributed by atoms with E-state index in [-0.39, 0.29) is 23.2 Å². The number of carbonyl (C=O) groups is 5. The number of hydrogen-bond donors (Lipinski definition) is 0. The minimum Gasteiger partial charge on any atom is -0.307 e. The summed E-state index contributed by atoms with van der Waals surface area (Å²) in [5.41, 5.74) is 0. The van der Waals surface area contributed by atoms with Gasteiger partial charge in [-0.15, -0.1) is 0 Å². The third-order valence-electron chi connectivity index (χ3n) is 0. The van der Waals surface area contributed by atoms with Crippen LogP contribution in [0.1, 0.15) is 0 Å². The van der Waals surface area contributed by atoms with Crippen molar-refractivity contribution in [1.82, 2.24) is 0 Å². The summed E-state index contributed by atoms with van der Waals surface area (Å²) in [5, 5.41) is 0. The summed E-state index contributed by atoms with van der Waals surface area (Å²) in [6.07, 6.45) is 0. The molecule has 12 heavy (non-hydrogen) atoms. The van der Waals surface area contributed by atoms with Crippen molar-refractivity contribution in [2.75, 3.05) is 0 Å². The smallest absolute Gasteiger partial charge is 0.106 e. The second-order valence-electron chi connectivity index (χ2n) is 0. The minimum atomic E-state index is 0. The summed E-state index contributed by atoms with van der Waals surface area (Å²) in [4.78, 5) is 40.0. The van der Waals surface area contributed by atoms with E-state index in [9.17, 15) is 0 Å². The normalized spacial score (nSPS) is 1.67. The van der Waals surface area contributed by atoms with Crippen molar-refractivity contribution in [1.29, 1.82) is 0 Å². The zero-order valence-electron chi connectivity index (χ0n) is 6.64. The Balaban J connectivity index is -0.00000000500. The third kappa shape index (κ3) is 356. The van der Waals surface area contributed by atoms with Crippen LogP contribution in [-0.2, 0) is 41.0 Å². The van der Waals surface area contributed by atoms with Crippen LogP contribution in [0.4, 0.5) is 0 Å². The van der Waals surface area contributed by atoms with E-state index in [4.69, 9.17) is 24.0 Å². The van der Waals surface area contributed by atoms with Crippen LogP contribution < -0.4 is 0 Å². The summed E-state index contributed by atoms with van der Waals surface area (Å²) >= 11 is 0. The number of rotatable bonds is 0. The van der Waals surface area contributed by atoms with Gasteiger partial charge in [0.15, 0.2) is 0 Å². The van der Waals surface area contributed by atoms with Crippen LogP contribution in [0.2, 0.25) is 0 Å². The molecule has 0 fully saturated rings. The first kappa shape index (κ1) is 72.2. The van der Waals surface area contributed by atoms with Crippen LogP contribution in [0.25, 0.3) is 0 Å². The van der Waals surface area contributed by atoms with E-state index >= 15 is 0 Å². The van der Waals surface area contributed by atoms with Crippen LogP contribution >= 0.6 is 0 Å². The van der Waals surface area contributed by atoms with Gasteiger partial charge in [0.1, 0.15) is 33.9 Å². The Bertz CT molecular complexity index is 31.4. The van der Waals surface area contributed by atoms with Gasteiger partial charge in [0.25, 0.3) is 0 Å². The predicted octanol–water partition coefficient (Wildman–Crippen LogP) is -0.927. The Morgan fingerprint density at radius 2 is 0.417 bits per heavy atom.